The van der Waals surface area contributed by atoms with Gasteiger partial charge in [0.15, 0.2) is 5.13 Å². The van der Waals surface area contributed by atoms with Crippen LogP contribution in [0.3, 0.4) is 0 Å². The van der Waals surface area contributed by atoms with Gasteiger partial charge in [-0.3, -0.25) is 19.2 Å². The van der Waals surface area contributed by atoms with Crippen LogP contribution in [0.25, 0.3) is 0 Å². The van der Waals surface area contributed by atoms with E-state index < -0.39 is 0 Å². The number of amides is 2. The van der Waals surface area contributed by atoms with E-state index in [1.165, 1.54) is 11.3 Å². The zero-order chi connectivity index (χ0) is 21.4. The van der Waals surface area contributed by atoms with Crippen LogP contribution in [0.5, 0.6) is 0 Å². The smallest absolute Gasteiger partial charge is 0.236 e. The number of anilines is 2. The summed E-state index contributed by atoms with van der Waals surface area (Å²) in [5.41, 5.74) is 4.03. The Morgan fingerprint density at radius 3 is 2.84 bits per heavy atom. The minimum atomic E-state index is -0.352. The maximum absolute atomic E-state index is 13.0. The number of aryl methyl sites for hydroxylation is 1. The molecule has 31 heavy (non-hydrogen) atoms. The Bertz CT molecular complexity index is 1090. The van der Waals surface area contributed by atoms with Crippen LogP contribution in [-0.2, 0) is 29.7 Å². The molecule has 0 unspecified atom stereocenters. The lowest BCUT2D eigenvalue weighted by Gasteiger charge is -2.31. The Kier molecular flexibility index (Phi) is 5.29. The monoisotopic (exact) mass is 436 g/mol. The number of aromatic nitrogens is 3. The van der Waals surface area contributed by atoms with Crippen molar-refractivity contribution in [3.8, 4) is 0 Å². The molecule has 1 fully saturated rings. The Hall–Kier alpha value is -3.04. The minimum absolute atomic E-state index is 0.0810. The lowest BCUT2D eigenvalue weighted by molar-refractivity contribution is -0.118. The molecule has 1 aromatic carbocycles. The van der Waals surface area contributed by atoms with Gasteiger partial charge in [0, 0.05) is 68.7 Å². The highest BCUT2D eigenvalue weighted by molar-refractivity contribution is 7.13. The van der Waals surface area contributed by atoms with Crippen molar-refractivity contribution in [1.29, 1.82) is 0 Å². The van der Waals surface area contributed by atoms with Crippen LogP contribution in [0, 0.1) is 0 Å². The predicted molar refractivity (Wildman–Crippen MR) is 119 cm³/mol. The molecule has 3 aromatic rings. The Labute approximate surface area is 184 Å². The summed E-state index contributed by atoms with van der Waals surface area (Å²) in [4.78, 5) is 33.3. The fraction of sp³-hybridized carbons (Fsp3) is 0.364. The van der Waals surface area contributed by atoms with Crippen molar-refractivity contribution in [2.75, 3.05) is 23.3 Å². The molecule has 1 saturated heterocycles. The third-order valence-electron chi connectivity index (χ3n) is 5.81. The molecule has 160 valence electrons. The largest absolute Gasteiger partial charge is 0.312 e. The summed E-state index contributed by atoms with van der Waals surface area (Å²) in [5, 5.41) is 9.93. The number of rotatable bonds is 5. The molecule has 5 rings (SSSR count). The van der Waals surface area contributed by atoms with Crippen molar-refractivity contribution >= 4 is 34.0 Å². The normalized spacial score (nSPS) is 18.9. The SMILES string of the molecule is Cn1cc2c(n1)[C@@H](C(=O)Nc1nccs1)CN(Cc1ccc(N3CCCC3=O)cc1)C2. The minimum Gasteiger partial charge on any atom is -0.312 e. The van der Waals surface area contributed by atoms with E-state index in [2.05, 4.69) is 32.4 Å². The third kappa shape index (κ3) is 4.11. The summed E-state index contributed by atoms with van der Waals surface area (Å²) < 4.78 is 1.78. The topological polar surface area (TPSA) is 83.4 Å². The molecule has 8 nitrogen and oxygen atoms in total. The molecule has 2 aromatic heterocycles. The number of fused-ring (bicyclic) bond motifs is 1. The van der Waals surface area contributed by atoms with E-state index in [0.29, 0.717) is 18.1 Å². The number of thiazole rings is 1. The summed E-state index contributed by atoms with van der Waals surface area (Å²) in [6, 6.07) is 8.18. The fourth-order valence-corrected chi connectivity index (χ4v) is 4.92. The number of nitrogens with one attached hydrogen (secondary N) is 1. The van der Waals surface area contributed by atoms with Gasteiger partial charge in [-0.2, -0.15) is 5.10 Å². The van der Waals surface area contributed by atoms with Gasteiger partial charge in [-0.05, 0) is 24.1 Å². The zero-order valence-corrected chi connectivity index (χ0v) is 18.1. The molecular formula is C22H24N6O2S. The Balaban J connectivity index is 1.32. The van der Waals surface area contributed by atoms with Crippen molar-refractivity contribution in [3.05, 3.63) is 58.9 Å². The van der Waals surface area contributed by atoms with Gasteiger partial charge in [-0.1, -0.05) is 12.1 Å². The molecule has 0 radical (unpaired) electrons. The number of hydrogen-bond donors (Lipinski definition) is 1. The van der Waals surface area contributed by atoms with E-state index in [4.69, 9.17) is 0 Å². The molecule has 0 spiro atoms. The van der Waals surface area contributed by atoms with Crippen LogP contribution in [0.1, 0.15) is 35.6 Å². The Morgan fingerprint density at radius 2 is 2.13 bits per heavy atom. The first-order chi connectivity index (χ1) is 15.1. The van der Waals surface area contributed by atoms with Crippen molar-refractivity contribution in [1.82, 2.24) is 19.7 Å². The van der Waals surface area contributed by atoms with E-state index in [0.717, 1.165) is 48.6 Å². The quantitative estimate of drug-likeness (QED) is 0.665. The summed E-state index contributed by atoms with van der Waals surface area (Å²) in [6.07, 6.45) is 5.23. The van der Waals surface area contributed by atoms with E-state index in [1.54, 1.807) is 10.9 Å². The van der Waals surface area contributed by atoms with Gasteiger partial charge in [0.2, 0.25) is 11.8 Å². The van der Waals surface area contributed by atoms with E-state index in [1.807, 2.05) is 35.7 Å². The summed E-state index contributed by atoms with van der Waals surface area (Å²) in [7, 11) is 1.89. The standard InChI is InChI=1S/C22H24N6O2S/c1-26-12-16-13-27(11-15-4-6-17(7-5-15)28-9-2-3-19(28)29)14-18(20(16)25-26)21(30)24-22-23-8-10-31-22/h4-8,10,12,18H,2-3,9,11,13-14H2,1H3,(H,23,24,30)/t18-/m0/s1. The first-order valence-corrected chi connectivity index (χ1v) is 11.3. The second kappa shape index (κ2) is 8.24. The third-order valence-corrected chi connectivity index (χ3v) is 6.50. The van der Waals surface area contributed by atoms with Crippen molar-refractivity contribution in [2.24, 2.45) is 7.05 Å². The molecular weight excluding hydrogens is 412 g/mol. The number of nitrogens with zero attached hydrogens (tertiary/aromatic N) is 5. The molecule has 0 saturated carbocycles. The van der Waals surface area contributed by atoms with Gasteiger partial charge in [0.1, 0.15) is 0 Å². The average molecular weight is 437 g/mol. The number of hydrogen-bond acceptors (Lipinski definition) is 6. The lowest BCUT2D eigenvalue weighted by atomic mass is 9.95. The van der Waals surface area contributed by atoms with Gasteiger partial charge in [0.05, 0.1) is 11.6 Å². The van der Waals surface area contributed by atoms with Crippen molar-refractivity contribution in [3.63, 3.8) is 0 Å². The van der Waals surface area contributed by atoms with Gasteiger partial charge < -0.3 is 10.2 Å². The van der Waals surface area contributed by atoms with Crippen LogP contribution in [0.4, 0.5) is 10.8 Å². The highest BCUT2D eigenvalue weighted by Gasteiger charge is 2.33. The number of carbonyl (C=O) groups excluding carboxylic acids is 2. The van der Waals surface area contributed by atoms with E-state index in [9.17, 15) is 9.59 Å². The highest BCUT2D eigenvalue weighted by Crippen LogP contribution is 2.30. The predicted octanol–water partition coefficient (Wildman–Crippen LogP) is 2.74. The molecule has 2 aliphatic rings. The maximum Gasteiger partial charge on any atom is 0.236 e. The van der Waals surface area contributed by atoms with E-state index >= 15 is 0 Å². The van der Waals surface area contributed by atoms with E-state index in [-0.39, 0.29) is 17.7 Å². The highest BCUT2D eigenvalue weighted by atomic mass is 32.1. The lowest BCUT2D eigenvalue weighted by Crippen LogP contribution is -2.38. The van der Waals surface area contributed by atoms with Gasteiger partial charge in [0.25, 0.3) is 0 Å². The first kappa shape index (κ1) is 19.9. The van der Waals surface area contributed by atoms with Gasteiger partial charge in [-0.25, -0.2) is 4.98 Å². The first-order valence-electron chi connectivity index (χ1n) is 10.4. The molecule has 0 bridgehead atoms. The Morgan fingerprint density at radius 1 is 1.29 bits per heavy atom. The summed E-state index contributed by atoms with van der Waals surface area (Å²) in [6.45, 7) is 2.86. The van der Waals surface area contributed by atoms with Crippen LogP contribution in [0.2, 0.25) is 0 Å². The maximum atomic E-state index is 13.0. The molecule has 0 aliphatic carbocycles. The number of carbonyl (C=O) groups is 2. The molecule has 1 atom stereocenters. The van der Waals surface area contributed by atoms with Gasteiger partial charge >= 0.3 is 0 Å². The van der Waals surface area contributed by atoms with Crippen molar-refractivity contribution in [2.45, 2.75) is 31.8 Å². The van der Waals surface area contributed by atoms with Gasteiger partial charge in [-0.15, -0.1) is 11.3 Å². The van der Waals surface area contributed by atoms with Crippen molar-refractivity contribution < 1.29 is 9.59 Å². The summed E-state index contributed by atoms with van der Waals surface area (Å²) in [5.74, 6) is -0.236. The number of benzene rings is 1. The van der Waals surface area contributed by atoms with Crippen LogP contribution in [-0.4, -0.2) is 44.6 Å². The second-order valence-corrected chi connectivity index (χ2v) is 8.97. The molecule has 4 heterocycles. The fourth-order valence-electron chi connectivity index (χ4n) is 4.39. The molecule has 9 heteroatoms. The van der Waals surface area contributed by atoms with Crippen LogP contribution >= 0.6 is 11.3 Å². The molecule has 2 aliphatic heterocycles. The van der Waals surface area contributed by atoms with Crippen LogP contribution in [0.15, 0.2) is 42.0 Å². The molecule has 2 amide bonds. The molecule has 1 N–H and O–H groups in total. The zero-order valence-electron chi connectivity index (χ0n) is 17.3. The van der Waals surface area contributed by atoms with Crippen LogP contribution < -0.4 is 10.2 Å². The second-order valence-electron chi connectivity index (χ2n) is 8.08. The average Bonchev–Trinajstić information content (AvgIpc) is 3.49. The summed E-state index contributed by atoms with van der Waals surface area (Å²) >= 11 is 1.41.